The zero-order chi connectivity index (χ0) is 16.4. The van der Waals surface area contributed by atoms with Crippen LogP contribution < -0.4 is 10.1 Å². The normalized spacial score (nSPS) is 10.9. The summed E-state index contributed by atoms with van der Waals surface area (Å²) >= 11 is 1.59. The van der Waals surface area contributed by atoms with Gasteiger partial charge in [0.15, 0.2) is 0 Å². The summed E-state index contributed by atoms with van der Waals surface area (Å²) in [5.41, 5.74) is 1.75. The van der Waals surface area contributed by atoms with Gasteiger partial charge in [-0.2, -0.15) is 0 Å². The van der Waals surface area contributed by atoms with Gasteiger partial charge in [0, 0.05) is 0 Å². The zero-order valence-corrected chi connectivity index (χ0v) is 13.7. The summed E-state index contributed by atoms with van der Waals surface area (Å²) in [6.07, 6.45) is 3.45. The standard InChI is InChI=1S/C16H14N6OS/c1-23-13-4-2-12(3-5-13)22-9-11(20-21-22)8-17-15-14-6-7-24-16(14)19-10-18-15/h2-7,9-10H,8H2,1H3,(H,17,18,19). The van der Waals surface area contributed by atoms with E-state index in [9.17, 15) is 0 Å². The number of benzene rings is 1. The Bertz CT molecular complexity index is 962. The fraction of sp³-hybridized carbons (Fsp3) is 0.125. The summed E-state index contributed by atoms with van der Waals surface area (Å²) in [6.45, 7) is 0.540. The minimum absolute atomic E-state index is 0.540. The molecular formula is C16H14N6OS. The Hall–Kier alpha value is -3.00. The maximum atomic E-state index is 5.16. The molecular weight excluding hydrogens is 324 g/mol. The summed E-state index contributed by atoms with van der Waals surface area (Å²) in [5.74, 6) is 1.62. The highest BCUT2D eigenvalue weighted by Gasteiger charge is 2.07. The number of anilines is 1. The van der Waals surface area contributed by atoms with Gasteiger partial charge < -0.3 is 10.1 Å². The van der Waals surface area contributed by atoms with Crippen LogP contribution in [0.1, 0.15) is 5.69 Å². The SMILES string of the molecule is COc1ccc(-n2cc(CNc3ncnc4sccc34)nn2)cc1. The van der Waals surface area contributed by atoms with Crippen molar-refractivity contribution in [1.82, 2.24) is 25.0 Å². The van der Waals surface area contributed by atoms with Crippen molar-refractivity contribution >= 4 is 27.4 Å². The van der Waals surface area contributed by atoms with Gasteiger partial charge >= 0.3 is 0 Å². The van der Waals surface area contributed by atoms with Crippen LogP contribution in [0, 0.1) is 0 Å². The van der Waals surface area contributed by atoms with Gasteiger partial charge in [-0.05, 0) is 35.7 Å². The van der Waals surface area contributed by atoms with Gasteiger partial charge in [-0.1, -0.05) is 5.21 Å². The number of rotatable bonds is 5. The summed E-state index contributed by atoms with van der Waals surface area (Å²) in [4.78, 5) is 9.50. The van der Waals surface area contributed by atoms with E-state index in [0.29, 0.717) is 6.54 Å². The molecule has 0 spiro atoms. The maximum Gasteiger partial charge on any atom is 0.138 e. The van der Waals surface area contributed by atoms with Crippen LogP contribution in [-0.4, -0.2) is 32.1 Å². The molecule has 0 aliphatic rings. The molecule has 0 atom stereocenters. The molecule has 0 amide bonds. The quantitative estimate of drug-likeness (QED) is 0.603. The Morgan fingerprint density at radius 1 is 1.17 bits per heavy atom. The number of nitrogens with one attached hydrogen (secondary N) is 1. The van der Waals surface area contributed by atoms with Crippen molar-refractivity contribution in [1.29, 1.82) is 0 Å². The predicted octanol–water partition coefficient (Wildman–Crippen LogP) is 2.89. The molecule has 24 heavy (non-hydrogen) atoms. The molecule has 120 valence electrons. The lowest BCUT2D eigenvalue weighted by Crippen LogP contribution is -2.02. The van der Waals surface area contributed by atoms with Gasteiger partial charge in [0.05, 0.1) is 30.9 Å². The second-order valence-corrected chi connectivity index (χ2v) is 5.96. The van der Waals surface area contributed by atoms with Crippen LogP contribution in [0.15, 0.2) is 48.2 Å². The molecule has 3 aromatic heterocycles. The molecule has 8 heteroatoms. The number of thiophene rings is 1. The molecule has 0 aliphatic carbocycles. The number of nitrogens with zero attached hydrogens (tertiary/aromatic N) is 5. The lowest BCUT2D eigenvalue weighted by atomic mass is 10.3. The average Bonchev–Trinajstić information content (AvgIpc) is 3.29. The van der Waals surface area contributed by atoms with Crippen molar-refractivity contribution in [3.8, 4) is 11.4 Å². The molecule has 4 rings (SSSR count). The topological polar surface area (TPSA) is 77.8 Å². The van der Waals surface area contributed by atoms with E-state index in [4.69, 9.17) is 4.74 Å². The van der Waals surface area contributed by atoms with Crippen molar-refractivity contribution in [2.24, 2.45) is 0 Å². The monoisotopic (exact) mass is 338 g/mol. The highest BCUT2D eigenvalue weighted by Crippen LogP contribution is 2.24. The van der Waals surface area contributed by atoms with Crippen LogP contribution in [0.5, 0.6) is 5.75 Å². The van der Waals surface area contributed by atoms with Gasteiger partial charge in [0.1, 0.15) is 28.4 Å². The third-order valence-corrected chi connectivity index (χ3v) is 4.40. The molecule has 7 nitrogen and oxygen atoms in total. The minimum Gasteiger partial charge on any atom is -0.497 e. The fourth-order valence-electron chi connectivity index (χ4n) is 2.35. The molecule has 0 saturated carbocycles. The highest BCUT2D eigenvalue weighted by atomic mass is 32.1. The Morgan fingerprint density at radius 2 is 2.04 bits per heavy atom. The van der Waals surface area contributed by atoms with Gasteiger partial charge in [0.25, 0.3) is 0 Å². The molecule has 0 radical (unpaired) electrons. The van der Waals surface area contributed by atoms with Crippen LogP contribution in [0.3, 0.4) is 0 Å². The average molecular weight is 338 g/mol. The number of ether oxygens (including phenoxy) is 1. The third kappa shape index (κ3) is 2.79. The van der Waals surface area contributed by atoms with Crippen LogP contribution in [-0.2, 0) is 6.54 Å². The summed E-state index contributed by atoms with van der Waals surface area (Å²) in [6, 6.07) is 9.66. The lowest BCUT2D eigenvalue weighted by molar-refractivity contribution is 0.414. The van der Waals surface area contributed by atoms with Crippen LogP contribution in [0.2, 0.25) is 0 Å². The summed E-state index contributed by atoms with van der Waals surface area (Å²) in [7, 11) is 1.64. The van der Waals surface area contributed by atoms with Crippen LogP contribution in [0.4, 0.5) is 5.82 Å². The first kappa shape index (κ1) is 14.6. The molecule has 4 aromatic rings. The van der Waals surface area contributed by atoms with E-state index in [1.807, 2.05) is 41.9 Å². The number of methoxy groups -OCH3 is 1. The number of hydrogen-bond acceptors (Lipinski definition) is 7. The van der Waals surface area contributed by atoms with E-state index in [-0.39, 0.29) is 0 Å². The second kappa shape index (κ2) is 6.25. The molecule has 3 heterocycles. The first-order chi connectivity index (χ1) is 11.8. The number of hydrogen-bond donors (Lipinski definition) is 1. The molecule has 0 aliphatic heterocycles. The lowest BCUT2D eigenvalue weighted by Gasteiger charge is -2.04. The predicted molar refractivity (Wildman–Crippen MR) is 92.7 cm³/mol. The first-order valence-electron chi connectivity index (χ1n) is 7.31. The maximum absolute atomic E-state index is 5.16. The smallest absolute Gasteiger partial charge is 0.138 e. The van der Waals surface area contributed by atoms with E-state index < -0.39 is 0 Å². The van der Waals surface area contributed by atoms with Crippen LogP contribution in [0.25, 0.3) is 15.9 Å². The van der Waals surface area contributed by atoms with Crippen LogP contribution >= 0.6 is 11.3 Å². The summed E-state index contributed by atoms with van der Waals surface area (Å²) < 4.78 is 6.89. The largest absolute Gasteiger partial charge is 0.497 e. The Kier molecular flexibility index (Phi) is 3.80. The van der Waals surface area contributed by atoms with E-state index in [1.165, 1.54) is 0 Å². The van der Waals surface area contributed by atoms with E-state index in [2.05, 4.69) is 25.6 Å². The third-order valence-electron chi connectivity index (χ3n) is 3.58. The summed E-state index contributed by atoms with van der Waals surface area (Å²) in [5, 5.41) is 14.7. The van der Waals surface area contributed by atoms with Crippen molar-refractivity contribution in [3.63, 3.8) is 0 Å². The minimum atomic E-state index is 0.540. The molecule has 0 unspecified atom stereocenters. The van der Waals surface area contributed by atoms with Crippen molar-refractivity contribution in [3.05, 3.63) is 53.9 Å². The molecule has 1 N–H and O–H groups in total. The molecule has 0 bridgehead atoms. The Labute approximate surface area is 141 Å². The van der Waals surface area contributed by atoms with Crippen molar-refractivity contribution in [2.75, 3.05) is 12.4 Å². The second-order valence-electron chi connectivity index (χ2n) is 5.07. The van der Waals surface area contributed by atoms with E-state index in [0.717, 1.165) is 33.2 Å². The fourth-order valence-corrected chi connectivity index (χ4v) is 3.08. The number of aromatic nitrogens is 5. The number of fused-ring (bicyclic) bond motifs is 1. The molecule has 0 saturated heterocycles. The zero-order valence-electron chi connectivity index (χ0n) is 12.9. The van der Waals surface area contributed by atoms with Gasteiger partial charge in [0.2, 0.25) is 0 Å². The molecule has 0 fully saturated rings. The highest BCUT2D eigenvalue weighted by molar-refractivity contribution is 7.16. The Balaban J connectivity index is 1.50. The van der Waals surface area contributed by atoms with Crippen molar-refractivity contribution in [2.45, 2.75) is 6.54 Å². The molecule has 1 aromatic carbocycles. The van der Waals surface area contributed by atoms with E-state index in [1.54, 1.807) is 29.5 Å². The van der Waals surface area contributed by atoms with E-state index >= 15 is 0 Å². The van der Waals surface area contributed by atoms with Gasteiger partial charge in [-0.15, -0.1) is 16.4 Å². The first-order valence-corrected chi connectivity index (χ1v) is 8.19. The Morgan fingerprint density at radius 3 is 2.88 bits per heavy atom. The van der Waals surface area contributed by atoms with Gasteiger partial charge in [-0.25, -0.2) is 14.6 Å². The van der Waals surface area contributed by atoms with Gasteiger partial charge in [-0.3, -0.25) is 0 Å². The van der Waals surface area contributed by atoms with Crippen molar-refractivity contribution < 1.29 is 4.74 Å².